The molecular weight excluding hydrogens is 336 g/mol. The molecule has 1 saturated heterocycles. The van der Waals surface area contributed by atoms with Crippen molar-refractivity contribution in [3.63, 3.8) is 0 Å². The summed E-state index contributed by atoms with van der Waals surface area (Å²) in [7, 11) is 0. The van der Waals surface area contributed by atoms with Gasteiger partial charge in [0.2, 0.25) is 5.91 Å². The third-order valence-corrected chi connectivity index (χ3v) is 6.32. The zero-order valence-corrected chi connectivity index (χ0v) is 15.5. The molecule has 0 unspecified atom stereocenters. The van der Waals surface area contributed by atoms with Gasteiger partial charge in [-0.25, -0.2) is 0 Å². The van der Waals surface area contributed by atoms with Gasteiger partial charge in [0, 0.05) is 11.8 Å². The highest BCUT2D eigenvalue weighted by Crippen LogP contribution is 2.36. The third kappa shape index (κ3) is 4.20. The molecule has 134 valence electrons. The molecule has 1 aliphatic carbocycles. The Morgan fingerprint density at radius 3 is 2.64 bits per heavy atom. The van der Waals surface area contributed by atoms with Crippen molar-refractivity contribution in [2.24, 2.45) is 0 Å². The van der Waals surface area contributed by atoms with Crippen molar-refractivity contribution < 1.29 is 14.5 Å². The number of carbonyl (C=O) groups excluding carboxylic acids is 2. The van der Waals surface area contributed by atoms with Crippen molar-refractivity contribution >= 4 is 28.2 Å². The largest absolute Gasteiger partial charge is 0.332 e. The average molecular weight is 361 g/mol. The second-order valence-corrected chi connectivity index (χ2v) is 7.97. The molecule has 2 N–H and O–H groups in total. The van der Waals surface area contributed by atoms with E-state index in [2.05, 4.69) is 11.4 Å². The smallest absolute Gasteiger partial charge is 0.280 e. The molecule has 0 aromatic carbocycles. The fourth-order valence-electron chi connectivity index (χ4n) is 3.66. The summed E-state index contributed by atoms with van der Waals surface area (Å²) in [4.78, 5) is 28.1. The molecular formula is C18H25N4O2S+. The molecule has 0 spiro atoms. The van der Waals surface area contributed by atoms with Gasteiger partial charge in [-0.3, -0.25) is 9.59 Å². The third-order valence-electron chi connectivity index (χ3n) is 5.11. The number of carbonyl (C=O) groups is 2. The molecule has 0 atom stereocenters. The van der Waals surface area contributed by atoms with Gasteiger partial charge >= 0.3 is 0 Å². The number of hydrogen-bond acceptors (Lipinski definition) is 4. The Morgan fingerprint density at radius 1 is 1.24 bits per heavy atom. The van der Waals surface area contributed by atoms with Gasteiger partial charge in [0.05, 0.1) is 31.7 Å². The van der Waals surface area contributed by atoms with E-state index in [-0.39, 0.29) is 11.8 Å². The SMILES string of the molecule is CC(=O)N1CC[NH+](CC(=O)Nc2sc3c(c2C#N)CCCCC3)CC1. The highest BCUT2D eigenvalue weighted by Gasteiger charge is 2.25. The molecule has 0 saturated carbocycles. The average Bonchev–Trinajstić information content (AvgIpc) is 2.75. The van der Waals surface area contributed by atoms with E-state index in [9.17, 15) is 14.9 Å². The van der Waals surface area contributed by atoms with Crippen molar-refractivity contribution in [3.05, 3.63) is 16.0 Å². The van der Waals surface area contributed by atoms with Crippen LogP contribution in [0.3, 0.4) is 0 Å². The van der Waals surface area contributed by atoms with Crippen LogP contribution in [0, 0.1) is 11.3 Å². The van der Waals surface area contributed by atoms with E-state index < -0.39 is 0 Å². The van der Waals surface area contributed by atoms with Crippen molar-refractivity contribution in [1.29, 1.82) is 5.26 Å². The van der Waals surface area contributed by atoms with E-state index in [4.69, 9.17) is 0 Å². The van der Waals surface area contributed by atoms with E-state index >= 15 is 0 Å². The predicted molar refractivity (Wildman–Crippen MR) is 96.7 cm³/mol. The lowest BCUT2D eigenvalue weighted by atomic mass is 10.1. The van der Waals surface area contributed by atoms with Gasteiger partial charge < -0.3 is 15.1 Å². The number of anilines is 1. The first-order chi connectivity index (χ1) is 12.1. The lowest BCUT2D eigenvalue weighted by molar-refractivity contribution is -0.895. The van der Waals surface area contributed by atoms with Crippen molar-refractivity contribution in [2.75, 3.05) is 38.0 Å². The molecule has 6 nitrogen and oxygen atoms in total. The fourth-order valence-corrected chi connectivity index (χ4v) is 4.92. The minimum absolute atomic E-state index is 0.0424. The number of thiophene rings is 1. The van der Waals surface area contributed by atoms with Gasteiger partial charge in [-0.2, -0.15) is 5.26 Å². The van der Waals surface area contributed by atoms with Crippen LogP contribution < -0.4 is 10.2 Å². The summed E-state index contributed by atoms with van der Waals surface area (Å²) in [6.45, 7) is 4.96. The van der Waals surface area contributed by atoms with E-state index in [1.54, 1.807) is 18.3 Å². The number of hydrogen-bond donors (Lipinski definition) is 2. The molecule has 0 radical (unpaired) electrons. The lowest BCUT2D eigenvalue weighted by Gasteiger charge is -2.31. The molecule has 1 aliphatic heterocycles. The monoisotopic (exact) mass is 361 g/mol. The Hall–Kier alpha value is -1.91. The highest BCUT2D eigenvalue weighted by atomic mass is 32.1. The maximum atomic E-state index is 12.4. The number of nitrogens with one attached hydrogen (secondary N) is 2. The highest BCUT2D eigenvalue weighted by molar-refractivity contribution is 7.16. The first-order valence-corrected chi connectivity index (χ1v) is 9.83. The van der Waals surface area contributed by atoms with Crippen LogP contribution in [0.5, 0.6) is 0 Å². The van der Waals surface area contributed by atoms with Crippen LogP contribution in [0.1, 0.15) is 42.2 Å². The van der Waals surface area contributed by atoms with Crippen LogP contribution in [-0.4, -0.2) is 49.4 Å². The second kappa shape index (κ2) is 7.98. The van der Waals surface area contributed by atoms with Gasteiger partial charge in [0.25, 0.3) is 5.91 Å². The van der Waals surface area contributed by atoms with E-state index in [0.29, 0.717) is 25.2 Å². The number of rotatable bonds is 3. The maximum Gasteiger partial charge on any atom is 0.280 e. The molecule has 1 aromatic heterocycles. The molecule has 0 bridgehead atoms. The summed E-state index contributed by atoms with van der Waals surface area (Å²) in [5.41, 5.74) is 1.83. The zero-order valence-electron chi connectivity index (χ0n) is 14.7. The van der Waals surface area contributed by atoms with Gasteiger partial charge in [-0.15, -0.1) is 11.3 Å². The fraction of sp³-hybridized carbons (Fsp3) is 0.611. The van der Waals surface area contributed by atoms with Crippen molar-refractivity contribution in [1.82, 2.24) is 4.90 Å². The number of amides is 2. The first-order valence-electron chi connectivity index (χ1n) is 9.02. The quantitative estimate of drug-likeness (QED) is 0.773. The zero-order chi connectivity index (χ0) is 17.8. The van der Waals surface area contributed by atoms with Crippen LogP contribution in [0.4, 0.5) is 5.00 Å². The molecule has 2 aliphatic rings. The molecule has 2 heterocycles. The summed E-state index contributed by atoms with van der Waals surface area (Å²) in [5.74, 6) is 0.0569. The first kappa shape index (κ1) is 17.9. The molecule has 25 heavy (non-hydrogen) atoms. The number of nitrogens with zero attached hydrogens (tertiary/aromatic N) is 2. The topological polar surface area (TPSA) is 77.6 Å². The summed E-state index contributed by atoms with van der Waals surface area (Å²) in [6.07, 6.45) is 5.46. The molecule has 1 aromatic rings. The van der Waals surface area contributed by atoms with E-state index in [1.807, 2.05) is 4.90 Å². The molecule has 1 fully saturated rings. The Labute approximate surface area is 152 Å². The molecule has 7 heteroatoms. The van der Waals surface area contributed by atoms with Crippen LogP contribution in [0.2, 0.25) is 0 Å². The predicted octanol–water partition coefficient (Wildman–Crippen LogP) is 0.574. The van der Waals surface area contributed by atoms with Gasteiger partial charge in [0.1, 0.15) is 11.1 Å². The maximum absolute atomic E-state index is 12.4. The minimum Gasteiger partial charge on any atom is -0.332 e. The second-order valence-electron chi connectivity index (χ2n) is 6.86. The Balaban J connectivity index is 1.60. The summed E-state index contributed by atoms with van der Waals surface area (Å²) < 4.78 is 0. The standard InChI is InChI=1S/C18H24N4O2S/c1-13(23)22-9-7-21(8-10-22)12-17(24)20-18-15(11-19)14-5-3-2-4-6-16(14)25-18/h2-10,12H2,1H3,(H,20,24)/p+1. The minimum atomic E-state index is -0.0424. The Morgan fingerprint density at radius 2 is 1.96 bits per heavy atom. The van der Waals surface area contributed by atoms with Gasteiger partial charge in [0.15, 0.2) is 6.54 Å². The normalized spacial score (nSPS) is 18.2. The Bertz CT molecular complexity index is 699. The number of aryl methyl sites for hydroxylation is 1. The van der Waals surface area contributed by atoms with E-state index in [1.165, 1.54) is 16.2 Å². The van der Waals surface area contributed by atoms with Gasteiger partial charge in [-0.05, 0) is 31.2 Å². The number of quaternary nitrogens is 1. The van der Waals surface area contributed by atoms with Crippen LogP contribution in [0.15, 0.2) is 0 Å². The molecule has 2 amide bonds. The van der Waals surface area contributed by atoms with Crippen molar-refractivity contribution in [2.45, 2.75) is 39.0 Å². The number of nitriles is 1. The lowest BCUT2D eigenvalue weighted by Crippen LogP contribution is -3.15. The Kier molecular flexibility index (Phi) is 5.71. The molecule has 3 rings (SSSR count). The van der Waals surface area contributed by atoms with Crippen molar-refractivity contribution in [3.8, 4) is 6.07 Å². The summed E-state index contributed by atoms with van der Waals surface area (Å²) >= 11 is 1.58. The number of fused-ring (bicyclic) bond motifs is 1. The summed E-state index contributed by atoms with van der Waals surface area (Å²) in [5, 5.41) is 13.2. The summed E-state index contributed by atoms with van der Waals surface area (Å²) in [6, 6.07) is 2.30. The van der Waals surface area contributed by atoms with Crippen LogP contribution in [-0.2, 0) is 22.4 Å². The van der Waals surface area contributed by atoms with Gasteiger partial charge in [-0.1, -0.05) is 6.42 Å². The number of piperazine rings is 1. The van der Waals surface area contributed by atoms with Crippen LogP contribution >= 0.6 is 11.3 Å². The van der Waals surface area contributed by atoms with Crippen LogP contribution in [0.25, 0.3) is 0 Å². The van der Waals surface area contributed by atoms with E-state index in [0.717, 1.165) is 49.3 Å².